The lowest BCUT2D eigenvalue weighted by Gasteiger charge is -2.13. The Hall–Kier alpha value is -1.02. The van der Waals surface area contributed by atoms with Crippen LogP contribution >= 0.6 is 23.2 Å². The Kier molecular flexibility index (Phi) is 3.96. The molecule has 0 aromatic heterocycles. The second-order valence-electron chi connectivity index (χ2n) is 4.44. The Morgan fingerprint density at radius 1 is 1.00 bits per heavy atom. The molecule has 2 rings (SSSR count). The van der Waals surface area contributed by atoms with Gasteiger partial charge in [0, 0.05) is 6.54 Å². The minimum absolute atomic E-state index is 0.516. The molecule has 2 aromatic carbocycles. The molecule has 2 aromatic rings. The fourth-order valence-corrected chi connectivity index (χ4v) is 2.49. The van der Waals surface area contributed by atoms with E-state index >= 15 is 0 Å². The molecule has 0 atom stereocenters. The quantitative estimate of drug-likeness (QED) is 0.845. The summed E-state index contributed by atoms with van der Waals surface area (Å²) in [6.45, 7) is 4.67. The first-order valence-electron chi connectivity index (χ1n) is 5.78. The van der Waals surface area contributed by atoms with Crippen molar-refractivity contribution in [1.82, 2.24) is 0 Å². The average Bonchev–Trinajstić information content (AvgIpc) is 2.32. The van der Waals surface area contributed by atoms with Gasteiger partial charge in [-0.3, -0.25) is 0 Å². The molecule has 0 spiro atoms. The number of halogens is 2. The Morgan fingerprint density at radius 2 is 1.72 bits per heavy atom. The van der Waals surface area contributed by atoms with Gasteiger partial charge in [-0.05, 0) is 48.2 Å². The van der Waals surface area contributed by atoms with E-state index in [0.29, 0.717) is 16.6 Å². The number of benzene rings is 2. The van der Waals surface area contributed by atoms with Crippen molar-refractivity contribution >= 4 is 23.2 Å². The zero-order valence-corrected chi connectivity index (χ0v) is 11.9. The highest BCUT2D eigenvalue weighted by Gasteiger charge is 2.09. The van der Waals surface area contributed by atoms with Crippen molar-refractivity contribution < 1.29 is 0 Å². The third-order valence-corrected chi connectivity index (χ3v) is 3.79. The van der Waals surface area contributed by atoms with Crippen molar-refractivity contribution in [2.75, 3.05) is 0 Å². The second kappa shape index (κ2) is 5.31. The zero-order chi connectivity index (χ0) is 13.3. The van der Waals surface area contributed by atoms with E-state index in [2.05, 4.69) is 26.0 Å². The van der Waals surface area contributed by atoms with Crippen molar-refractivity contribution in [3.63, 3.8) is 0 Å². The van der Waals surface area contributed by atoms with Crippen LogP contribution in [0.3, 0.4) is 0 Å². The van der Waals surface area contributed by atoms with Gasteiger partial charge in [-0.25, -0.2) is 0 Å². The van der Waals surface area contributed by atoms with Crippen LogP contribution in [0.15, 0.2) is 30.3 Å². The number of aryl methyl sites for hydroxylation is 2. The van der Waals surface area contributed by atoms with E-state index < -0.39 is 0 Å². The molecule has 94 valence electrons. The standard InChI is InChI=1S/C15H15Cl2N/c1-9-5-10(2)13(8-18)12(6-9)11-3-4-14(16)15(17)7-11/h3-7H,8,18H2,1-2H3. The van der Waals surface area contributed by atoms with Crippen LogP contribution in [-0.4, -0.2) is 0 Å². The van der Waals surface area contributed by atoms with Gasteiger partial charge in [-0.2, -0.15) is 0 Å². The highest BCUT2D eigenvalue weighted by molar-refractivity contribution is 6.42. The maximum atomic E-state index is 6.08. The van der Waals surface area contributed by atoms with Crippen molar-refractivity contribution in [2.45, 2.75) is 20.4 Å². The first-order chi connectivity index (χ1) is 8.52. The van der Waals surface area contributed by atoms with Crippen molar-refractivity contribution in [2.24, 2.45) is 5.73 Å². The first kappa shape index (κ1) is 13.4. The summed E-state index contributed by atoms with van der Waals surface area (Å²) in [7, 11) is 0. The van der Waals surface area contributed by atoms with Gasteiger partial charge >= 0.3 is 0 Å². The Morgan fingerprint density at radius 3 is 2.33 bits per heavy atom. The number of nitrogens with two attached hydrogens (primary N) is 1. The van der Waals surface area contributed by atoms with Crippen LogP contribution in [0.25, 0.3) is 11.1 Å². The molecule has 0 saturated heterocycles. The van der Waals surface area contributed by atoms with Crippen LogP contribution in [0.4, 0.5) is 0 Å². The molecule has 2 N–H and O–H groups in total. The molecule has 0 bridgehead atoms. The smallest absolute Gasteiger partial charge is 0.0598 e. The summed E-state index contributed by atoms with van der Waals surface area (Å²) < 4.78 is 0. The lowest BCUT2D eigenvalue weighted by Crippen LogP contribution is -2.02. The molecule has 0 aliphatic carbocycles. The summed E-state index contributed by atoms with van der Waals surface area (Å²) in [6, 6.07) is 9.95. The zero-order valence-electron chi connectivity index (χ0n) is 10.4. The SMILES string of the molecule is Cc1cc(C)c(CN)c(-c2ccc(Cl)c(Cl)c2)c1. The van der Waals surface area contributed by atoms with Crippen molar-refractivity contribution in [1.29, 1.82) is 0 Å². The number of hydrogen-bond donors (Lipinski definition) is 1. The second-order valence-corrected chi connectivity index (χ2v) is 5.26. The molecule has 0 unspecified atom stereocenters. The van der Waals surface area contributed by atoms with Crippen molar-refractivity contribution in [3.8, 4) is 11.1 Å². The van der Waals surface area contributed by atoms with E-state index in [9.17, 15) is 0 Å². The van der Waals surface area contributed by atoms with E-state index in [4.69, 9.17) is 28.9 Å². The van der Waals surface area contributed by atoms with Gasteiger partial charge in [-0.15, -0.1) is 0 Å². The van der Waals surface area contributed by atoms with Gasteiger partial charge in [0.15, 0.2) is 0 Å². The topological polar surface area (TPSA) is 26.0 Å². The highest BCUT2D eigenvalue weighted by Crippen LogP contribution is 2.32. The molecule has 0 saturated carbocycles. The fraction of sp³-hybridized carbons (Fsp3) is 0.200. The summed E-state index contributed by atoms with van der Waals surface area (Å²) in [4.78, 5) is 0. The van der Waals surface area contributed by atoms with E-state index in [1.165, 1.54) is 11.1 Å². The lowest BCUT2D eigenvalue weighted by atomic mass is 9.94. The van der Waals surface area contributed by atoms with Gasteiger partial charge < -0.3 is 5.73 Å². The van der Waals surface area contributed by atoms with Gasteiger partial charge in [0.1, 0.15) is 0 Å². The van der Waals surface area contributed by atoms with Gasteiger partial charge in [0.2, 0.25) is 0 Å². The van der Waals surface area contributed by atoms with Gasteiger partial charge in [-0.1, -0.05) is 47.0 Å². The van der Waals surface area contributed by atoms with Crippen LogP contribution in [0.2, 0.25) is 10.0 Å². The third-order valence-electron chi connectivity index (χ3n) is 3.05. The average molecular weight is 280 g/mol. The maximum absolute atomic E-state index is 6.08. The molecule has 0 aliphatic heterocycles. The van der Waals surface area contributed by atoms with Crippen LogP contribution in [0.1, 0.15) is 16.7 Å². The van der Waals surface area contributed by atoms with Crippen molar-refractivity contribution in [3.05, 3.63) is 57.1 Å². The molecular weight excluding hydrogens is 265 g/mol. The minimum Gasteiger partial charge on any atom is -0.326 e. The lowest BCUT2D eigenvalue weighted by molar-refractivity contribution is 1.05. The Balaban J connectivity index is 2.65. The molecule has 1 nitrogen and oxygen atoms in total. The molecule has 3 heteroatoms. The molecule has 18 heavy (non-hydrogen) atoms. The van der Waals surface area contributed by atoms with E-state index in [1.807, 2.05) is 18.2 Å². The van der Waals surface area contributed by atoms with Crippen LogP contribution in [0.5, 0.6) is 0 Å². The van der Waals surface area contributed by atoms with E-state index in [-0.39, 0.29) is 0 Å². The monoisotopic (exact) mass is 279 g/mol. The minimum atomic E-state index is 0.516. The fourth-order valence-electron chi connectivity index (χ4n) is 2.19. The first-order valence-corrected chi connectivity index (χ1v) is 6.54. The Bertz CT molecular complexity index is 591. The molecule has 0 fully saturated rings. The van der Waals surface area contributed by atoms with E-state index in [0.717, 1.165) is 16.7 Å². The number of hydrogen-bond acceptors (Lipinski definition) is 1. The highest BCUT2D eigenvalue weighted by atomic mass is 35.5. The molecule has 0 heterocycles. The molecule has 0 radical (unpaired) electrons. The summed E-state index contributed by atoms with van der Waals surface area (Å²) in [5.41, 5.74) is 11.6. The summed E-state index contributed by atoms with van der Waals surface area (Å²) in [5, 5.41) is 1.13. The van der Waals surface area contributed by atoms with E-state index in [1.54, 1.807) is 0 Å². The summed E-state index contributed by atoms with van der Waals surface area (Å²) in [6.07, 6.45) is 0. The van der Waals surface area contributed by atoms with Crippen LogP contribution in [-0.2, 0) is 6.54 Å². The predicted octanol–water partition coefficient (Wildman–Crippen LogP) is 4.74. The Labute approximate surface area is 118 Å². The largest absolute Gasteiger partial charge is 0.326 e. The summed E-state index contributed by atoms with van der Waals surface area (Å²) in [5.74, 6) is 0. The normalized spacial score (nSPS) is 10.7. The van der Waals surface area contributed by atoms with Crippen LogP contribution in [0, 0.1) is 13.8 Å². The third kappa shape index (κ3) is 2.54. The predicted molar refractivity (Wildman–Crippen MR) is 79.3 cm³/mol. The van der Waals surface area contributed by atoms with Gasteiger partial charge in [0.05, 0.1) is 10.0 Å². The molecule has 0 amide bonds. The maximum Gasteiger partial charge on any atom is 0.0598 e. The molecular formula is C15H15Cl2N. The number of rotatable bonds is 2. The van der Waals surface area contributed by atoms with Crippen LogP contribution < -0.4 is 5.73 Å². The van der Waals surface area contributed by atoms with Gasteiger partial charge in [0.25, 0.3) is 0 Å². The molecule has 0 aliphatic rings. The summed E-state index contributed by atoms with van der Waals surface area (Å²) >= 11 is 12.0.